The van der Waals surface area contributed by atoms with Crippen LogP contribution in [0.3, 0.4) is 0 Å². The number of thioether (sulfide) groups is 1. The van der Waals surface area contributed by atoms with Crippen molar-refractivity contribution in [2.24, 2.45) is 4.99 Å². The van der Waals surface area contributed by atoms with Gasteiger partial charge in [-0.2, -0.15) is 0 Å². The van der Waals surface area contributed by atoms with Gasteiger partial charge < -0.3 is 14.3 Å². The fraction of sp³-hybridized carbons (Fsp3) is 0.160. The fourth-order valence-electron chi connectivity index (χ4n) is 3.41. The first-order valence-electron chi connectivity index (χ1n) is 10.3. The molecule has 0 spiro atoms. The molecule has 1 saturated heterocycles. The second kappa shape index (κ2) is 9.38. The number of amides is 1. The average molecular weight is 463 g/mol. The summed E-state index contributed by atoms with van der Waals surface area (Å²) in [5, 5.41) is 9.76. The standard InChI is InChI=1S/C25H22N2O5S/c1-4-27-23(28)22(33-25(27)26-17-6-8-18(31-3)9-7-17)14-19-10-12-21(32-19)20-11-5-16(24(29)30)13-15(20)2/h5-14H,4H2,1-3H3,(H,29,30)/b22-14-,26-25?. The molecule has 3 aromatic rings. The summed E-state index contributed by atoms with van der Waals surface area (Å²) in [6, 6.07) is 15.8. The fourth-order valence-corrected chi connectivity index (χ4v) is 4.46. The van der Waals surface area contributed by atoms with Gasteiger partial charge in [0.05, 0.1) is 23.3 Å². The molecule has 1 aliphatic rings. The van der Waals surface area contributed by atoms with Crippen LogP contribution < -0.4 is 4.74 Å². The first kappa shape index (κ1) is 22.4. The third kappa shape index (κ3) is 4.70. The molecular weight excluding hydrogens is 440 g/mol. The van der Waals surface area contributed by atoms with Gasteiger partial charge in [-0.15, -0.1) is 0 Å². The summed E-state index contributed by atoms with van der Waals surface area (Å²) in [5.41, 5.74) is 2.54. The Morgan fingerprint density at radius 1 is 1.18 bits per heavy atom. The van der Waals surface area contributed by atoms with Gasteiger partial charge in [0.1, 0.15) is 17.3 Å². The summed E-state index contributed by atoms with van der Waals surface area (Å²) < 4.78 is 11.1. The van der Waals surface area contributed by atoms with E-state index in [1.54, 1.807) is 42.4 Å². The molecule has 1 fully saturated rings. The van der Waals surface area contributed by atoms with Crippen molar-refractivity contribution in [3.8, 4) is 17.1 Å². The maximum atomic E-state index is 12.9. The van der Waals surface area contributed by atoms with E-state index in [0.29, 0.717) is 28.1 Å². The van der Waals surface area contributed by atoms with E-state index in [0.717, 1.165) is 22.6 Å². The molecule has 168 valence electrons. The van der Waals surface area contributed by atoms with Crippen molar-refractivity contribution in [2.75, 3.05) is 13.7 Å². The minimum atomic E-state index is -0.973. The summed E-state index contributed by atoms with van der Waals surface area (Å²) in [7, 11) is 1.61. The summed E-state index contributed by atoms with van der Waals surface area (Å²) in [6.07, 6.45) is 1.71. The van der Waals surface area contributed by atoms with E-state index in [9.17, 15) is 9.59 Å². The van der Waals surface area contributed by atoms with Crippen molar-refractivity contribution in [1.29, 1.82) is 0 Å². The van der Waals surface area contributed by atoms with E-state index in [4.69, 9.17) is 14.3 Å². The zero-order valence-electron chi connectivity index (χ0n) is 18.4. The van der Waals surface area contributed by atoms with E-state index in [1.807, 2.05) is 44.2 Å². The highest BCUT2D eigenvalue weighted by Crippen LogP contribution is 2.35. The molecule has 1 N–H and O–H groups in total. The number of carbonyl (C=O) groups is 2. The molecule has 1 amide bonds. The highest BCUT2D eigenvalue weighted by atomic mass is 32.2. The normalized spacial score (nSPS) is 16.1. The Labute approximate surface area is 195 Å². The maximum absolute atomic E-state index is 12.9. The summed E-state index contributed by atoms with van der Waals surface area (Å²) in [6.45, 7) is 4.23. The molecule has 0 atom stereocenters. The molecule has 0 saturated carbocycles. The van der Waals surface area contributed by atoms with Crippen molar-refractivity contribution in [2.45, 2.75) is 13.8 Å². The predicted octanol–water partition coefficient (Wildman–Crippen LogP) is 5.59. The van der Waals surface area contributed by atoms with Crippen LogP contribution in [0.25, 0.3) is 17.4 Å². The van der Waals surface area contributed by atoms with Crippen LogP contribution in [0.4, 0.5) is 5.69 Å². The number of likely N-dealkylation sites (N-methyl/N-ethyl adjacent to an activating group) is 1. The Morgan fingerprint density at radius 2 is 1.94 bits per heavy atom. The topological polar surface area (TPSA) is 92.3 Å². The number of carboxylic acids is 1. The number of amidine groups is 1. The van der Waals surface area contributed by atoms with Gasteiger partial charge in [-0.25, -0.2) is 9.79 Å². The number of methoxy groups -OCH3 is 1. The molecule has 4 rings (SSSR count). The van der Waals surface area contributed by atoms with Gasteiger partial charge in [-0.3, -0.25) is 9.69 Å². The monoisotopic (exact) mass is 462 g/mol. The number of furan rings is 1. The van der Waals surface area contributed by atoms with E-state index < -0.39 is 5.97 Å². The molecule has 7 nitrogen and oxygen atoms in total. The number of aliphatic imine (C=N–C) groups is 1. The van der Waals surface area contributed by atoms with Crippen LogP contribution in [0.5, 0.6) is 5.75 Å². The van der Waals surface area contributed by atoms with Crippen LogP contribution in [-0.2, 0) is 4.79 Å². The zero-order valence-corrected chi connectivity index (χ0v) is 19.2. The van der Waals surface area contributed by atoms with Crippen LogP contribution in [0, 0.1) is 6.92 Å². The van der Waals surface area contributed by atoms with Crippen molar-refractivity contribution >= 4 is 40.6 Å². The molecule has 1 aliphatic heterocycles. The molecule has 1 aromatic heterocycles. The van der Waals surface area contributed by atoms with Crippen molar-refractivity contribution in [1.82, 2.24) is 4.90 Å². The highest BCUT2D eigenvalue weighted by Gasteiger charge is 2.32. The number of ether oxygens (including phenoxy) is 1. The lowest BCUT2D eigenvalue weighted by molar-refractivity contribution is -0.122. The number of aromatic carboxylic acids is 1. The molecule has 0 radical (unpaired) electrons. The molecule has 0 unspecified atom stereocenters. The maximum Gasteiger partial charge on any atom is 0.335 e. The highest BCUT2D eigenvalue weighted by molar-refractivity contribution is 8.18. The molecule has 2 aromatic carbocycles. The van der Waals surface area contributed by atoms with Gasteiger partial charge in [0.2, 0.25) is 0 Å². The van der Waals surface area contributed by atoms with E-state index in [1.165, 1.54) is 11.8 Å². The Hall–Kier alpha value is -3.78. The lowest BCUT2D eigenvalue weighted by atomic mass is 10.0. The lowest BCUT2D eigenvalue weighted by Gasteiger charge is -2.12. The number of aryl methyl sites for hydroxylation is 1. The number of rotatable bonds is 6. The number of hydrogen-bond acceptors (Lipinski definition) is 6. The smallest absolute Gasteiger partial charge is 0.335 e. The van der Waals surface area contributed by atoms with Gasteiger partial charge in [-0.1, -0.05) is 6.07 Å². The summed E-state index contributed by atoms with van der Waals surface area (Å²) in [4.78, 5) is 30.8. The second-order valence-electron chi connectivity index (χ2n) is 7.29. The molecule has 2 heterocycles. The van der Waals surface area contributed by atoms with Crippen LogP contribution in [0.1, 0.15) is 28.6 Å². The third-order valence-corrected chi connectivity index (χ3v) is 6.15. The Kier molecular flexibility index (Phi) is 6.37. The first-order valence-corrected chi connectivity index (χ1v) is 11.1. The van der Waals surface area contributed by atoms with Gasteiger partial charge in [-0.05, 0) is 79.7 Å². The lowest BCUT2D eigenvalue weighted by Crippen LogP contribution is -2.28. The van der Waals surface area contributed by atoms with Gasteiger partial charge in [0, 0.05) is 18.2 Å². The minimum absolute atomic E-state index is 0.130. The Morgan fingerprint density at radius 3 is 2.58 bits per heavy atom. The van der Waals surface area contributed by atoms with Crippen molar-refractivity contribution in [3.05, 3.63) is 76.4 Å². The van der Waals surface area contributed by atoms with Crippen LogP contribution in [0.15, 0.2) is 68.9 Å². The largest absolute Gasteiger partial charge is 0.497 e. The number of benzene rings is 2. The minimum Gasteiger partial charge on any atom is -0.497 e. The Balaban J connectivity index is 1.59. The quantitative estimate of drug-likeness (QED) is 0.481. The van der Waals surface area contributed by atoms with Crippen molar-refractivity contribution < 1.29 is 23.8 Å². The molecule has 0 aliphatic carbocycles. The zero-order chi connectivity index (χ0) is 23.5. The summed E-state index contributed by atoms with van der Waals surface area (Å²) in [5.74, 6) is 0.771. The third-order valence-electron chi connectivity index (χ3n) is 5.14. The van der Waals surface area contributed by atoms with Gasteiger partial charge in [0.15, 0.2) is 5.17 Å². The number of hydrogen-bond donors (Lipinski definition) is 1. The molecule has 0 bridgehead atoms. The molecule has 8 heteroatoms. The van der Waals surface area contributed by atoms with Crippen LogP contribution >= 0.6 is 11.8 Å². The number of carboxylic acid groups (broad SMARTS) is 1. The van der Waals surface area contributed by atoms with E-state index in [2.05, 4.69) is 4.99 Å². The van der Waals surface area contributed by atoms with E-state index >= 15 is 0 Å². The van der Waals surface area contributed by atoms with E-state index in [-0.39, 0.29) is 11.5 Å². The second-order valence-corrected chi connectivity index (χ2v) is 8.30. The molecular formula is C25H22N2O5S. The number of nitrogens with zero attached hydrogens (tertiary/aromatic N) is 2. The SMILES string of the molecule is CCN1C(=O)/C(=C/c2ccc(-c3ccc(C(=O)O)cc3C)o2)SC1=Nc1ccc(OC)cc1. The van der Waals surface area contributed by atoms with Crippen LogP contribution in [0.2, 0.25) is 0 Å². The van der Waals surface area contributed by atoms with Crippen LogP contribution in [-0.4, -0.2) is 40.7 Å². The van der Waals surface area contributed by atoms with Gasteiger partial charge >= 0.3 is 5.97 Å². The first-order chi connectivity index (χ1) is 15.9. The Bertz CT molecular complexity index is 1270. The summed E-state index contributed by atoms with van der Waals surface area (Å²) >= 11 is 1.30. The average Bonchev–Trinajstić information content (AvgIpc) is 3.38. The predicted molar refractivity (Wildman–Crippen MR) is 129 cm³/mol. The van der Waals surface area contributed by atoms with Gasteiger partial charge in [0.25, 0.3) is 5.91 Å². The number of carbonyl (C=O) groups excluding carboxylic acids is 1. The molecule has 33 heavy (non-hydrogen) atoms. The van der Waals surface area contributed by atoms with Crippen molar-refractivity contribution in [3.63, 3.8) is 0 Å².